The first kappa shape index (κ1) is 19.4. The number of carbonyl (C=O) groups excluding carboxylic acids is 1. The fourth-order valence-electron chi connectivity index (χ4n) is 3.71. The summed E-state index contributed by atoms with van der Waals surface area (Å²) < 4.78 is 5.21. The van der Waals surface area contributed by atoms with Crippen molar-refractivity contribution >= 4 is 5.91 Å². The van der Waals surface area contributed by atoms with Gasteiger partial charge in [-0.05, 0) is 49.6 Å². The maximum atomic E-state index is 12.6. The first-order chi connectivity index (χ1) is 13.2. The van der Waals surface area contributed by atoms with Crippen LogP contribution in [-0.2, 0) is 17.8 Å². The summed E-state index contributed by atoms with van der Waals surface area (Å²) in [4.78, 5) is 17.0. The van der Waals surface area contributed by atoms with E-state index in [4.69, 9.17) is 4.74 Å². The Balaban J connectivity index is 1.52. The normalized spacial score (nSPS) is 17.8. The smallest absolute Gasteiger partial charge is 0.222 e. The molecule has 3 rings (SSSR count). The van der Waals surface area contributed by atoms with Crippen LogP contribution in [0.2, 0.25) is 0 Å². The van der Waals surface area contributed by atoms with Gasteiger partial charge in [-0.15, -0.1) is 0 Å². The number of carbonyl (C=O) groups is 1. The predicted molar refractivity (Wildman–Crippen MR) is 109 cm³/mol. The number of hydrogen-bond acceptors (Lipinski definition) is 3. The zero-order valence-electron chi connectivity index (χ0n) is 16.4. The minimum atomic E-state index is 0.268. The average Bonchev–Trinajstić information content (AvgIpc) is 2.89. The average molecular weight is 367 g/mol. The molecule has 1 fully saturated rings. The van der Waals surface area contributed by atoms with Crippen LogP contribution in [0, 0.1) is 0 Å². The third kappa shape index (κ3) is 5.57. The molecular formula is C23H30N2O2. The molecule has 1 unspecified atom stereocenters. The van der Waals surface area contributed by atoms with Gasteiger partial charge in [-0.1, -0.05) is 42.5 Å². The topological polar surface area (TPSA) is 32.8 Å². The van der Waals surface area contributed by atoms with Gasteiger partial charge in [-0.3, -0.25) is 4.79 Å². The van der Waals surface area contributed by atoms with Crippen LogP contribution in [0.5, 0.6) is 5.75 Å². The molecule has 1 aliphatic heterocycles. The summed E-state index contributed by atoms with van der Waals surface area (Å²) in [7, 11) is 3.86. The molecule has 1 atom stereocenters. The summed E-state index contributed by atoms with van der Waals surface area (Å²) in [6.07, 6.45) is 3.67. The van der Waals surface area contributed by atoms with Gasteiger partial charge in [0.1, 0.15) is 5.75 Å². The Kier molecular flexibility index (Phi) is 6.88. The van der Waals surface area contributed by atoms with E-state index < -0.39 is 0 Å². The van der Waals surface area contributed by atoms with E-state index in [9.17, 15) is 4.79 Å². The molecule has 4 nitrogen and oxygen atoms in total. The van der Waals surface area contributed by atoms with Crippen molar-refractivity contribution in [3.05, 3.63) is 65.7 Å². The number of hydrogen-bond donors (Lipinski definition) is 0. The quantitative estimate of drug-likeness (QED) is 0.748. The molecule has 1 heterocycles. The van der Waals surface area contributed by atoms with Gasteiger partial charge in [-0.25, -0.2) is 0 Å². The third-order valence-electron chi connectivity index (χ3n) is 5.53. The molecule has 4 heteroatoms. The monoisotopic (exact) mass is 366 g/mol. The van der Waals surface area contributed by atoms with E-state index in [0.29, 0.717) is 19.0 Å². The zero-order valence-corrected chi connectivity index (χ0v) is 16.4. The number of benzene rings is 2. The lowest BCUT2D eigenvalue weighted by molar-refractivity contribution is -0.131. The molecule has 1 saturated heterocycles. The molecule has 0 aromatic heterocycles. The van der Waals surface area contributed by atoms with Crippen LogP contribution < -0.4 is 4.74 Å². The molecular weight excluding hydrogens is 336 g/mol. The van der Waals surface area contributed by atoms with Crippen molar-refractivity contribution in [3.63, 3.8) is 0 Å². The van der Waals surface area contributed by atoms with Crippen molar-refractivity contribution in [1.82, 2.24) is 9.80 Å². The second kappa shape index (κ2) is 9.56. The van der Waals surface area contributed by atoms with Crippen LogP contribution in [0.3, 0.4) is 0 Å². The Morgan fingerprint density at radius 3 is 2.48 bits per heavy atom. The van der Waals surface area contributed by atoms with E-state index in [1.54, 1.807) is 7.11 Å². The Bertz CT molecular complexity index is 715. The molecule has 0 aliphatic carbocycles. The van der Waals surface area contributed by atoms with Crippen LogP contribution in [0.15, 0.2) is 54.6 Å². The summed E-state index contributed by atoms with van der Waals surface area (Å²) in [6.45, 7) is 2.54. The first-order valence-electron chi connectivity index (χ1n) is 9.80. The van der Waals surface area contributed by atoms with Gasteiger partial charge in [0.2, 0.25) is 5.91 Å². The second-order valence-corrected chi connectivity index (χ2v) is 7.36. The van der Waals surface area contributed by atoms with E-state index in [1.807, 2.05) is 29.2 Å². The van der Waals surface area contributed by atoms with E-state index >= 15 is 0 Å². The van der Waals surface area contributed by atoms with E-state index in [2.05, 4.69) is 42.3 Å². The lowest BCUT2D eigenvalue weighted by Gasteiger charge is -2.27. The highest BCUT2D eigenvalue weighted by Crippen LogP contribution is 2.20. The fourth-order valence-corrected chi connectivity index (χ4v) is 3.71. The van der Waals surface area contributed by atoms with E-state index in [0.717, 1.165) is 43.7 Å². The number of amides is 1. The summed E-state index contributed by atoms with van der Waals surface area (Å²) in [6, 6.07) is 19.1. The molecule has 1 aliphatic rings. The van der Waals surface area contributed by atoms with Crippen LogP contribution in [0.1, 0.15) is 30.4 Å². The molecule has 27 heavy (non-hydrogen) atoms. The molecule has 0 saturated carbocycles. The molecule has 0 spiro atoms. The lowest BCUT2D eigenvalue weighted by Crippen LogP contribution is -2.34. The Labute approximate surface area is 162 Å². The lowest BCUT2D eigenvalue weighted by atomic mass is 10.1. The van der Waals surface area contributed by atoms with Crippen molar-refractivity contribution in [3.8, 4) is 5.75 Å². The maximum Gasteiger partial charge on any atom is 0.222 e. The van der Waals surface area contributed by atoms with Gasteiger partial charge >= 0.3 is 0 Å². The van der Waals surface area contributed by atoms with Crippen molar-refractivity contribution in [2.45, 2.75) is 38.3 Å². The highest BCUT2D eigenvalue weighted by atomic mass is 16.5. The fraction of sp³-hybridized carbons (Fsp3) is 0.435. The van der Waals surface area contributed by atoms with Gasteiger partial charge in [0, 0.05) is 32.1 Å². The van der Waals surface area contributed by atoms with Crippen LogP contribution in [-0.4, -0.2) is 49.0 Å². The largest absolute Gasteiger partial charge is 0.497 e. The summed E-state index contributed by atoms with van der Waals surface area (Å²) in [5.74, 6) is 1.12. The van der Waals surface area contributed by atoms with Crippen LogP contribution >= 0.6 is 0 Å². The molecule has 144 valence electrons. The molecule has 2 aromatic carbocycles. The molecule has 0 N–H and O–H groups in total. The maximum absolute atomic E-state index is 12.6. The predicted octanol–water partition coefficient (Wildman–Crippen LogP) is 3.75. The highest BCUT2D eigenvalue weighted by Gasteiger charge is 2.24. The SMILES string of the molecule is COc1ccc(CN2CCC(N(C)CCc3ccccc3)CCC2=O)cc1. The van der Waals surface area contributed by atoms with Gasteiger partial charge < -0.3 is 14.5 Å². The summed E-state index contributed by atoms with van der Waals surface area (Å²) in [5, 5.41) is 0. The van der Waals surface area contributed by atoms with Gasteiger partial charge in [0.25, 0.3) is 0 Å². The van der Waals surface area contributed by atoms with Gasteiger partial charge in [0.15, 0.2) is 0 Å². The van der Waals surface area contributed by atoms with Crippen LogP contribution in [0.4, 0.5) is 0 Å². The Hall–Kier alpha value is -2.33. The van der Waals surface area contributed by atoms with Crippen molar-refractivity contribution in [1.29, 1.82) is 0 Å². The second-order valence-electron chi connectivity index (χ2n) is 7.36. The Morgan fingerprint density at radius 1 is 1.04 bits per heavy atom. The standard InChI is InChI=1S/C23H30N2O2/c1-24(16-14-19-6-4-3-5-7-19)21-10-13-23(26)25(17-15-21)18-20-8-11-22(27-2)12-9-20/h3-9,11-12,21H,10,13-18H2,1-2H3. The molecule has 2 aromatic rings. The number of likely N-dealkylation sites (tertiary alicyclic amines) is 1. The Morgan fingerprint density at radius 2 is 1.78 bits per heavy atom. The molecule has 1 amide bonds. The van der Waals surface area contributed by atoms with E-state index in [1.165, 1.54) is 5.56 Å². The molecule has 0 radical (unpaired) electrons. The minimum absolute atomic E-state index is 0.268. The number of ether oxygens (including phenoxy) is 1. The number of likely N-dealkylation sites (N-methyl/N-ethyl adjacent to an activating group) is 1. The first-order valence-corrected chi connectivity index (χ1v) is 9.80. The van der Waals surface area contributed by atoms with Gasteiger partial charge in [-0.2, -0.15) is 0 Å². The van der Waals surface area contributed by atoms with Crippen molar-refractivity contribution in [2.75, 3.05) is 27.2 Å². The summed E-state index contributed by atoms with van der Waals surface area (Å²) >= 11 is 0. The van der Waals surface area contributed by atoms with Gasteiger partial charge in [0.05, 0.1) is 7.11 Å². The highest BCUT2D eigenvalue weighted by molar-refractivity contribution is 5.76. The number of methoxy groups -OCH3 is 1. The molecule has 0 bridgehead atoms. The zero-order chi connectivity index (χ0) is 19.1. The number of rotatable bonds is 7. The number of nitrogens with zero attached hydrogens (tertiary/aromatic N) is 2. The van der Waals surface area contributed by atoms with Crippen molar-refractivity contribution < 1.29 is 9.53 Å². The van der Waals surface area contributed by atoms with E-state index in [-0.39, 0.29) is 5.91 Å². The third-order valence-corrected chi connectivity index (χ3v) is 5.53. The minimum Gasteiger partial charge on any atom is -0.497 e. The van der Waals surface area contributed by atoms with Crippen LogP contribution in [0.25, 0.3) is 0 Å². The summed E-state index contributed by atoms with van der Waals surface area (Å²) in [5.41, 5.74) is 2.52. The van der Waals surface area contributed by atoms with Crippen molar-refractivity contribution in [2.24, 2.45) is 0 Å².